The zero-order valence-corrected chi connectivity index (χ0v) is 14.7. The molecule has 7 nitrogen and oxygen atoms in total. The number of anilines is 1. The number of nitrogens with zero attached hydrogens (tertiary/aromatic N) is 3. The van der Waals surface area contributed by atoms with Gasteiger partial charge in [0.25, 0.3) is 0 Å². The molecule has 0 saturated heterocycles. The molecule has 0 aliphatic rings. The summed E-state index contributed by atoms with van der Waals surface area (Å²) in [4.78, 5) is 16.5. The largest absolute Gasteiger partial charge is 0.339 e. The van der Waals surface area contributed by atoms with Crippen LogP contribution < -0.4 is 5.32 Å². The Morgan fingerprint density at radius 2 is 1.96 bits per heavy atom. The van der Waals surface area contributed by atoms with Crippen molar-refractivity contribution in [3.63, 3.8) is 0 Å². The van der Waals surface area contributed by atoms with E-state index in [2.05, 4.69) is 25.7 Å². The van der Waals surface area contributed by atoms with Crippen LogP contribution in [0, 0.1) is 5.82 Å². The fraction of sp³-hybridized carbons (Fsp3) is 0.100. The molecule has 2 aromatic heterocycles. The lowest BCUT2D eigenvalue weighted by Crippen LogP contribution is -2.12. The van der Waals surface area contributed by atoms with Crippen molar-refractivity contribution in [2.75, 3.05) is 5.32 Å². The molecule has 0 aliphatic heterocycles. The maximum atomic E-state index is 13.0. The number of aromatic amines is 1. The van der Waals surface area contributed by atoms with Gasteiger partial charge in [0.2, 0.25) is 17.6 Å². The van der Waals surface area contributed by atoms with Crippen molar-refractivity contribution in [2.45, 2.75) is 12.8 Å². The third kappa shape index (κ3) is 4.12. The van der Waals surface area contributed by atoms with Crippen LogP contribution in [0.1, 0.15) is 12.3 Å². The van der Waals surface area contributed by atoms with Gasteiger partial charge in [-0.1, -0.05) is 17.3 Å². The number of amides is 1. The van der Waals surface area contributed by atoms with E-state index in [-0.39, 0.29) is 18.1 Å². The van der Waals surface area contributed by atoms with Gasteiger partial charge in [0, 0.05) is 35.9 Å². The molecule has 0 unspecified atom stereocenters. The summed E-state index contributed by atoms with van der Waals surface area (Å²) in [5.74, 6) is 0.215. The molecule has 2 heterocycles. The molecule has 4 rings (SSSR count). The summed E-state index contributed by atoms with van der Waals surface area (Å²) in [6.07, 6.45) is 2.17. The molecule has 28 heavy (non-hydrogen) atoms. The Bertz CT molecular complexity index is 1070. The van der Waals surface area contributed by atoms with E-state index in [1.807, 2.05) is 30.3 Å². The molecule has 2 aromatic carbocycles. The van der Waals surface area contributed by atoms with Crippen LogP contribution in [-0.4, -0.2) is 26.2 Å². The van der Waals surface area contributed by atoms with Crippen molar-refractivity contribution in [1.82, 2.24) is 20.3 Å². The first-order chi connectivity index (χ1) is 13.7. The van der Waals surface area contributed by atoms with Crippen LogP contribution in [-0.2, 0) is 11.2 Å². The molecule has 0 spiro atoms. The summed E-state index contributed by atoms with van der Waals surface area (Å²) in [7, 11) is 0. The Balaban J connectivity index is 1.35. The summed E-state index contributed by atoms with van der Waals surface area (Å²) in [6.45, 7) is 0. The first-order valence-corrected chi connectivity index (χ1v) is 8.65. The predicted molar refractivity (Wildman–Crippen MR) is 101 cm³/mol. The minimum Gasteiger partial charge on any atom is -0.339 e. The van der Waals surface area contributed by atoms with E-state index in [1.165, 1.54) is 12.1 Å². The Labute approximate surface area is 159 Å². The summed E-state index contributed by atoms with van der Waals surface area (Å²) in [5.41, 5.74) is 3.14. The van der Waals surface area contributed by atoms with Crippen LogP contribution in [0.4, 0.5) is 10.1 Å². The number of aryl methyl sites for hydroxylation is 1. The summed E-state index contributed by atoms with van der Waals surface area (Å²) < 4.78 is 18.2. The quantitative estimate of drug-likeness (QED) is 0.532. The van der Waals surface area contributed by atoms with E-state index in [1.54, 1.807) is 18.3 Å². The fourth-order valence-corrected chi connectivity index (χ4v) is 2.70. The maximum Gasteiger partial charge on any atom is 0.227 e. The molecule has 2 N–H and O–H groups in total. The molecule has 1 amide bonds. The Kier molecular flexibility index (Phi) is 4.92. The number of carbonyl (C=O) groups excluding carboxylic acids is 1. The highest BCUT2D eigenvalue weighted by Gasteiger charge is 2.11. The number of aromatic nitrogens is 4. The van der Waals surface area contributed by atoms with Gasteiger partial charge >= 0.3 is 0 Å². The van der Waals surface area contributed by atoms with Crippen LogP contribution in [0.15, 0.2) is 65.3 Å². The Hall–Kier alpha value is -3.81. The Morgan fingerprint density at radius 1 is 1.11 bits per heavy atom. The zero-order chi connectivity index (χ0) is 19.3. The number of rotatable bonds is 6. The third-order valence-electron chi connectivity index (χ3n) is 4.09. The third-order valence-corrected chi connectivity index (χ3v) is 4.09. The first kappa shape index (κ1) is 17.6. The lowest BCUT2D eigenvalue weighted by molar-refractivity contribution is -0.116. The minimum atomic E-state index is -0.333. The molecule has 0 atom stereocenters. The van der Waals surface area contributed by atoms with Gasteiger partial charge in [0.05, 0.1) is 5.69 Å². The van der Waals surface area contributed by atoms with Crippen molar-refractivity contribution in [3.05, 3.63) is 72.5 Å². The van der Waals surface area contributed by atoms with Crippen LogP contribution in [0.2, 0.25) is 0 Å². The van der Waals surface area contributed by atoms with Gasteiger partial charge < -0.3 is 9.84 Å². The van der Waals surface area contributed by atoms with Crippen LogP contribution in [0.5, 0.6) is 0 Å². The highest BCUT2D eigenvalue weighted by molar-refractivity contribution is 5.91. The summed E-state index contributed by atoms with van der Waals surface area (Å²) in [6, 6.07) is 15.1. The number of halogens is 1. The van der Waals surface area contributed by atoms with Gasteiger partial charge in [-0.15, -0.1) is 0 Å². The molecule has 4 aromatic rings. The summed E-state index contributed by atoms with van der Waals surface area (Å²) >= 11 is 0. The number of benzene rings is 2. The SMILES string of the molecule is O=C(CCc1nc(-c2ccc(F)cc2)no1)Nc1cccc(-c2ccn[nH]2)c1. The average molecular weight is 377 g/mol. The van der Waals surface area contributed by atoms with Crippen LogP contribution in [0.25, 0.3) is 22.6 Å². The van der Waals surface area contributed by atoms with E-state index in [0.29, 0.717) is 29.4 Å². The van der Waals surface area contributed by atoms with Crippen LogP contribution >= 0.6 is 0 Å². The topological polar surface area (TPSA) is 96.7 Å². The second-order valence-corrected chi connectivity index (χ2v) is 6.12. The number of nitrogens with one attached hydrogen (secondary N) is 2. The maximum absolute atomic E-state index is 13.0. The van der Waals surface area contributed by atoms with E-state index in [4.69, 9.17) is 4.52 Å². The number of H-pyrrole nitrogens is 1. The highest BCUT2D eigenvalue weighted by atomic mass is 19.1. The van der Waals surface area contributed by atoms with Gasteiger partial charge in [-0.25, -0.2) is 4.39 Å². The minimum absolute atomic E-state index is 0.164. The molecule has 0 saturated carbocycles. The predicted octanol–water partition coefficient (Wildman–Crippen LogP) is 3.84. The van der Waals surface area contributed by atoms with Crippen molar-refractivity contribution < 1.29 is 13.7 Å². The number of hydrogen-bond acceptors (Lipinski definition) is 5. The molecule has 140 valence electrons. The number of hydrogen-bond donors (Lipinski definition) is 2. The van der Waals surface area contributed by atoms with E-state index < -0.39 is 0 Å². The van der Waals surface area contributed by atoms with E-state index >= 15 is 0 Å². The van der Waals surface area contributed by atoms with Crippen molar-refractivity contribution in [2.24, 2.45) is 0 Å². The lowest BCUT2D eigenvalue weighted by atomic mass is 10.1. The molecule has 0 fully saturated rings. The highest BCUT2D eigenvalue weighted by Crippen LogP contribution is 2.21. The first-order valence-electron chi connectivity index (χ1n) is 8.65. The molecule has 8 heteroatoms. The van der Waals surface area contributed by atoms with Gasteiger partial charge in [0.1, 0.15) is 5.82 Å². The monoisotopic (exact) mass is 377 g/mol. The van der Waals surface area contributed by atoms with Gasteiger partial charge in [0.15, 0.2) is 0 Å². The fourth-order valence-electron chi connectivity index (χ4n) is 2.70. The lowest BCUT2D eigenvalue weighted by Gasteiger charge is -2.06. The zero-order valence-electron chi connectivity index (χ0n) is 14.7. The molecule has 0 radical (unpaired) electrons. The van der Waals surface area contributed by atoms with Crippen molar-refractivity contribution in [3.8, 4) is 22.6 Å². The normalized spacial score (nSPS) is 10.8. The molecule has 0 bridgehead atoms. The molecule has 0 aliphatic carbocycles. The second-order valence-electron chi connectivity index (χ2n) is 6.12. The summed E-state index contributed by atoms with van der Waals surface area (Å²) in [5, 5.41) is 13.5. The Morgan fingerprint density at radius 3 is 2.75 bits per heavy atom. The smallest absolute Gasteiger partial charge is 0.227 e. The van der Waals surface area contributed by atoms with Crippen molar-refractivity contribution >= 4 is 11.6 Å². The molecular formula is C20H16FN5O2. The van der Waals surface area contributed by atoms with E-state index in [9.17, 15) is 9.18 Å². The average Bonchev–Trinajstić information content (AvgIpc) is 3.40. The van der Waals surface area contributed by atoms with Crippen LogP contribution in [0.3, 0.4) is 0 Å². The van der Waals surface area contributed by atoms with E-state index in [0.717, 1.165) is 11.3 Å². The van der Waals surface area contributed by atoms with Gasteiger partial charge in [-0.05, 0) is 42.5 Å². The van der Waals surface area contributed by atoms with Crippen molar-refractivity contribution in [1.29, 1.82) is 0 Å². The molecular weight excluding hydrogens is 361 g/mol. The standard InChI is InChI=1S/C20H16FN5O2/c21-15-6-4-13(5-7-15)20-24-19(28-26-20)9-8-18(27)23-16-3-1-2-14(12-16)17-10-11-22-25-17/h1-7,10-12H,8-9H2,(H,22,25)(H,23,27). The second kappa shape index (κ2) is 7.83. The number of carbonyl (C=O) groups is 1. The van der Waals surface area contributed by atoms with Gasteiger partial charge in [-0.3, -0.25) is 9.89 Å². The van der Waals surface area contributed by atoms with Gasteiger partial charge in [-0.2, -0.15) is 10.1 Å².